The first-order valence-corrected chi connectivity index (χ1v) is 10.0. The molecule has 0 saturated heterocycles. The Balaban J connectivity index is 1.62. The molecule has 0 N–H and O–H groups in total. The third kappa shape index (κ3) is 4.37. The largest absolute Gasteiger partial charge is 0.454 e. The molecule has 8 heteroatoms. The molecular weight excluding hydrogens is 390 g/mol. The van der Waals surface area contributed by atoms with E-state index in [1.807, 2.05) is 51.1 Å². The molecule has 0 aliphatic heterocycles. The van der Waals surface area contributed by atoms with Gasteiger partial charge in [0, 0.05) is 11.9 Å². The fourth-order valence-electron chi connectivity index (χ4n) is 2.98. The van der Waals surface area contributed by atoms with E-state index in [0.29, 0.717) is 10.2 Å². The number of hydrogen-bond acceptors (Lipinski definition) is 6. The first kappa shape index (κ1) is 20.7. The van der Waals surface area contributed by atoms with Crippen LogP contribution in [0.25, 0.3) is 10.2 Å². The Bertz CT molecular complexity index is 1100. The average Bonchev–Trinajstić information content (AvgIpc) is 3.02. The summed E-state index contributed by atoms with van der Waals surface area (Å²) in [5.74, 6) is -0.980. The zero-order valence-electron chi connectivity index (χ0n) is 16.8. The lowest BCUT2D eigenvalue weighted by Crippen LogP contribution is -2.34. The Morgan fingerprint density at radius 2 is 1.93 bits per heavy atom. The van der Waals surface area contributed by atoms with E-state index < -0.39 is 5.97 Å². The number of esters is 1. The number of rotatable bonds is 6. The first-order chi connectivity index (χ1) is 13.8. The van der Waals surface area contributed by atoms with Crippen molar-refractivity contribution in [3.63, 3.8) is 0 Å². The van der Waals surface area contributed by atoms with Gasteiger partial charge in [-0.05, 0) is 31.9 Å². The van der Waals surface area contributed by atoms with Gasteiger partial charge in [-0.25, -0.2) is 4.98 Å². The summed E-state index contributed by atoms with van der Waals surface area (Å²) in [4.78, 5) is 44.6. The Hall–Kier alpha value is -3.00. The van der Waals surface area contributed by atoms with E-state index in [-0.39, 0.29) is 30.7 Å². The minimum Gasteiger partial charge on any atom is -0.454 e. The van der Waals surface area contributed by atoms with Crippen LogP contribution in [0.15, 0.2) is 41.5 Å². The molecule has 0 radical (unpaired) electrons. The van der Waals surface area contributed by atoms with Crippen LogP contribution in [0, 0.1) is 13.8 Å². The molecule has 1 aromatic carbocycles. The van der Waals surface area contributed by atoms with E-state index in [2.05, 4.69) is 4.98 Å². The van der Waals surface area contributed by atoms with Gasteiger partial charge in [-0.1, -0.05) is 30.3 Å². The van der Waals surface area contributed by atoms with Crippen LogP contribution in [-0.2, 0) is 20.9 Å². The average molecular weight is 413 g/mol. The molecule has 0 aliphatic rings. The number of aromatic nitrogens is 2. The molecule has 0 bridgehead atoms. The topological polar surface area (TPSA) is 81.5 Å². The predicted octanol–water partition coefficient (Wildman–Crippen LogP) is 2.84. The summed E-state index contributed by atoms with van der Waals surface area (Å²) in [5.41, 5.74) is 1.58. The van der Waals surface area contributed by atoms with Crippen molar-refractivity contribution in [3.05, 3.63) is 63.0 Å². The highest BCUT2D eigenvalue weighted by molar-refractivity contribution is 7.18. The third-order valence-corrected chi connectivity index (χ3v) is 6.18. The van der Waals surface area contributed by atoms with Crippen molar-refractivity contribution in [2.75, 3.05) is 13.7 Å². The lowest BCUT2D eigenvalue weighted by molar-refractivity contribution is -0.152. The SMILES string of the molecule is Cc1sc2ncn(CC(=O)OCC(=O)N(C)[C@H](C)c3ccccc3)c(=O)c2c1C. The van der Waals surface area contributed by atoms with Gasteiger partial charge in [0.25, 0.3) is 11.5 Å². The molecule has 0 spiro atoms. The molecule has 2 aromatic heterocycles. The van der Waals surface area contributed by atoms with E-state index in [1.165, 1.54) is 27.1 Å². The fourth-order valence-corrected chi connectivity index (χ4v) is 3.97. The number of ether oxygens (including phenoxy) is 1. The first-order valence-electron chi connectivity index (χ1n) is 9.21. The fraction of sp³-hybridized carbons (Fsp3) is 0.333. The van der Waals surface area contributed by atoms with E-state index in [9.17, 15) is 14.4 Å². The minimum absolute atomic E-state index is 0.151. The van der Waals surface area contributed by atoms with Crippen LogP contribution in [0.5, 0.6) is 0 Å². The van der Waals surface area contributed by atoms with Crippen LogP contribution in [-0.4, -0.2) is 40.0 Å². The number of fused-ring (bicyclic) bond motifs is 1. The van der Waals surface area contributed by atoms with Gasteiger partial charge in [-0.3, -0.25) is 19.0 Å². The molecule has 29 heavy (non-hydrogen) atoms. The summed E-state index contributed by atoms with van der Waals surface area (Å²) >= 11 is 1.45. The Morgan fingerprint density at radius 1 is 1.24 bits per heavy atom. The van der Waals surface area contributed by atoms with Gasteiger partial charge in [0.2, 0.25) is 0 Å². The molecule has 152 valence electrons. The van der Waals surface area contributed by atoms with Gasteiger partial charge in [0.1, 0.15) is 11.4 Å². The Kier molecular flexibility index (Phi) is 6.12. The quantitative estimate of drug-likeness (QED) is 0.581. The van der Waals surface area contributed by atoms with E-state index in [4.69, 9.17) is 4.74 Å². The third-order valence-electron chi connectivity index (χ3n) is 5.07. The Labute approximate surface area is 172 Å². The standard InChI is InChI=1S/C21H23N3O4S/c1-13-15(3)29-20-19(13)21(27)24(12-22-20)10-18(26)28-11-17(25)23(4)14(2)16-8-6-5-7-9-16/h5-9,12,14H,10-11H2,1-4H3/t14-/m1/s1. The molecule has 1 amide bonds. The van der Waals surface area contributed by atoms with E-state index in [0.717, 1.165) is 16.0 Å². The van der Waals surface area contributed by atoms with Crippen LogP contribution in [0.3, 0.4) is 0 Å². The highest BCUT2D eigenvalue weighted by atomic mass is 32.1. The molecule has 3 aromatic rings. The van der Waals surface area contributed by atoms with Crippen molar-refractivity contribution in [2.45, 2.75) is 33.4 Å². The number of carbonyl (C=O) groups is 2. The number of hydrogen-bond donors (Lipinski definition) is 0. The van der Waals surface area contributed by atoms with Crippen molar-refractivity contribution < 1.29 is 14.3 Å². The van der Waals surface area contributed by atoms with Gasteiger partial charge in [-0.2, -0.15) is 0 Å². The number of thiophene rings is 1. The Morgan fingerprint density at radius 3 is 2.62 bits per heavy atom. The van der Waals surface area contributed by atoms with E-state index >= 15 is 0 Å². The van der Waals surface area contributed by atoms with Gasteiger partial charge in [-0.15, -0.1) is 11.3 Å². The molecule has 7 nitrogen and oxygen atoms in total. The molecule has 0 saturated carbocycles. The summed E-state index contributed by atoms with van der Waals surface area (Å²) in [6.07, 6.45) is 1.34. The summed E-state index contributed by atoms with van der Waals surface area (Å²) in [5, 5.41) is 0.523. The highest BCUT2D eigenvalue weighted by Gasteiger charge is 2.19. The predicted molar refractivity (Wildman–Crippen MR) is 112 cm³/mol. The van der Waals surface area contributed by atoms with Crippen molar-refractivity contribution in [2.24, 2.45) is 0 Å². The van der Waals surface area contributed by atoms with Gasteiger partial charge >= 0.3 is 5.97 Å². The number of nitrogens with zero attached hydrogens (tertiary/aromatic N) is 3. The molecule has 0 unspecified atom stereocenters. The van der Waals surface area contributed by atoms with Gasteiger partial charge in [0.05, 0.1) is 17.8 Å². The lowest BCUT2D eigenvalue weighted by Gasteiger charge is -2.25. The van der Waals surface area contributed by atoms with Crippen LogP contribution in [0.1, 0.15) is 29.0 Å². The molecule has 0 fully saturated rings. The monoisotopic (exact) mass is 413 g/mol. The summed E-state index contributed by atoms with van der Waals surface area (Å²) in [6.45, 7) is 5.02. The number of amides is 1. The van der Waals surface area contributed by atoms with Crippen molar-refractivity contribution >= 4 is 33.4 Å². The molecule has 3 rings (SSSR count). The summed E-state index contributed by atoms with van der Waals surface area (Å²) in [7, 11) is 1.66. The van der Waals surface area contributed by atoms with Gasteiger partial charge in [0.15, 0.2) is 6.61 Å². The normalized spacial score (nSPS) is 12.0. The number of likely N-dealkylation sites (N-methyl/N-ethyl adjacent to an activating group) is 1. The van der Waals surface area contributed by atoms with Crippen molar-refractivity contribution in [3.8, 4) is 0 Å². The van der Waals surface area contributed by atoms with E-state index in [1.54, 1.807) is 7.05 Å². The number of carbonyl (C=O) groups excluding carboxylic acids is 2. The van der Waals surface area contributed by atoms with Crippen LogP contribution < -0.4 is 5.56 Å². The van der Waals surface area contributed by atoms with Crippen molar-refractivity contribution in [1.82, 2.24) is 14.5 Å². The zero-order valence-corrected chi connectivity index (χ0v) is 17.7. The minimum atomic E-state index is -0.660. The number of aryl methyl sites for hydroxylation is 2. The highest BCUT2D eigenvalue weighted by Crippen LogP contribution is 2.25. The van der Waals surface area contributed by atoms with Crippen LogP contribution >= 0.6 is 11.3 Å². The zero-order chi connectivity index (χ0) is 21.1. The lowest BCUT2D eigenvalue weighted by atomic mass is 10.1. The van der Waals surface area contributed by atoms with Crippen LogP contribution in [0.2, 0.25) is 0 Å². The summed E-state index contributed by atoms with van der Waals surface area (Å²) in [6, 6.07) is 9.44. The molecule has 1 atom stereocenters. The molecular formula is C21H23N3O4S. The second-order valence-corrected chi connectivity index (χ2v) is 8.10. The maximum absolute atomic E-state index is 12.6. The second-order valence-electron chi connectivity index (χ2n) is 6.89. The van der Waals surface area contributed by atoms with Crippen LogP contribution in [0.4, 0.5) is 0 Å². The maximum Gasteiger partial charge on any atom is 0.326 e. The van der Waals surface area contributed by atoms with Gasteiger partial charge < -0.3 is 9.64 Å². The summed E-state index contributed by atoms with van der Waals surface area (Å²) < 4.78 is 6.32. The number of benzene rings is 1. The molecule has 2 heterocycles. The molecule has 0 aliphatic carbocycles. The van der Waals surface area contributed by atoms with Crippen molar-refractivity contribution in [1.29, 1.82) is 0 Å². The second kappa shape index (κ2) is 8.57. The maximum atomic E-state index is 12.6. The smallest absolute Gasteiger partial charge is 0.326 e.